The van der Waals surface area contributed by atoms with Gasteiger partial charge in [-0.2, -0.15) is 0 Å². The zero-order valence-electron chi connectivity index (χ0n) is 37.5. The Labute approximate surface area is 378 Å². The molecule has 1 saturated carbocycles. The molecule has 0 radical (unpaired) electrons. The number of H-pyrrole nitrogens is 1. The molecule has 2 aromatic heterocycles. The molecule has 0 spiro atoms. The number of ether oxygens (including phenoxy) is 5. The normalized spacial score (nSPS) is 18.8. The summed E-state index contributed by atoms with van der Waals surface area (Å²) in [5.74, 6) is 0.237. The molecule has 65 heavy (non-hydrogen) atoms. The van der Waals surface area contributed by atoms with E-state index in [0.717, 1.165) is 24.0 Å². The minimum atomic E-state index is -4.34. The molecule has 4 N–H and O–H groups in total. The monoisotopic (exact) mass is 912 g/mol. The number of hydrogen-bond donors (Lipinski definition) is 4. The van der Waals surface area contributed by atoms with Gasteiger partial charge in [-0.25, -0.2) is 32.4 Å². The van der Waals surface area contributed by atoms with E-state index in [2.05, 4.69) is 21.6 Å². The van der Waals surface area contributed by atoms with E-state index < -0.39 is 28.2 Å². The first-order chi connectivity index (χ1) is 31.1. The molecule has 346 valence electrons. The van der Waals surface area contributed by atoms with Gasteiger partial charge in [0.2, 0.25) is 5.88 Å². The number of amides is 1. The summed E-state index contributed by atoms with van der Waals surface area (Å²) in [5.41, 5.74) is 3.70. The summed E-state index contributed by atoms with van der Waals surface area (Å²) in [6.07, 6.45) is 0.791. The molecule has 3 aromatic carbocycles. The lowest BCUT2D eigenvalue weighted by atomic mass is 9.75. The van der Waals surface area contributed by atoms with Crippen LogP contribution in [0.25, 0.3) is 21.9 Å². The van der Waals surface area contributed by atoms with Crippen molar-refractivity contribution in [1.29, 1.82) is 0 Å². The van der Waals surface area contributed by atoms with Gasteiger partial charge in [0.05, 0.1) is 38.7 Å². The highest BCUT2D eigenvalue weighted by atomic mass is 32.2. The molecule has 2 atom stereocenters. The van der Waals surface area contributed by atoms with Gasteiger partial charge in [-0.15, -0.1) is 0 Å². The number of fused-ring (bicyclic) bond motifs is 1. The molecule has 2 unspecified atom stereocenters. The maximum absolute atomic E-state index is 14.4. The molecule has 0 bridgehead atoms. The standard InChI is InChI=1S/C47H56N6O11S/c1-27-8-10-37(61-18-14-54)34(22-27)24-33-25-35(26-36(32(33)6)51-65(58,59)39-23-28(2)9-11-38(39)62-19-15-55)43-49-44-40(46(56)63-42-30(4)20-29(3)21-31(42)5)41(48-7)45(53(44)50-43)64-47(57)52-12-16-60-17-13-52/h8-11,22-23,25-26,29-31,42,51,54-55H,12-21,24H2,1-6H3,(H,49,50). The largest absolute Gasteiger partial charge is 0.491 e. The van der Waals surface area contributed by atoms with E-state index in [1.54, 1.807) is 26.0 Å². The Morgan fingerprint density at radius 2 is 1.57 bits per heavy atom. The number of aromatic amines is 1. The number of sulfonamides is 1. The highest BCUT2D eigenvalue weighted by molar-refractivity contribution is 7.92. The van der Waals surface area contributed by atoms with Gasteiger partial charge in [0.25, 0.3) is 15.7 Å². The maximum atomic E-state index is 14.4. The van der Waals surface area contributed by atoms with Crippen LogP contribution in [0.3, 0.4) is 0 Å². The highest BCUT2D eigenvalue weighted by Gasteiger charge is 2.38. The lowest BCUT2D eigenvalue weighted by Gasteiger charge is -2.37. The number of aliphatic hydroxyl groups excluding tert-OH is 2. The molecule has 3 heterocycles. The summed E-state index contributed by atoms with van der Waals surface area (Å²) < 4.78 is 61.9. The van der Waals surface area contributed by atoms with Crippen molar-refractivity contribution in [3.8, 4) is 28.8 Å². The first kappa shape index (κ1) is 46.9. The number of rotatable bonds is 15. The van der Waals surface area contributed by atoms with Crippen molar-refractivity contribution in [2.45, 2.75) is 71.8 Å². The van der Waals surface area contributed by atoms with Crippen molar-refractivity contribution < 1.29 is 51.9 Å². The number of aryl methyl sites for hydroxylation is 2. The quantitative estimate of drug-likeness (QED) is 0.0619. The molecule has 1 aliphatic carbocycles. The van der Waals surface area contributed by atoms with Crippen LogP contribution in [0.4, 0.5) is 16.2 Å². The van der Waals surface area contributed by atoms with Crippen LogP contribution >= 0.6 is 0 Å². The molecule has 17 nitrogen and oxygen atoms in total. The van der Waals surface area contributed by atoms with Crippen LogP contribution in [0.2, 0.25) is 0 Å². The highest BCUT2D eigenvalue weighted by Crippen LogP contribution is 2.42. The first-order valence-electron chi connectivity index (χ1n) is 21.7. The van der Waals surface area contributed by atoms with Crippen molar-refractivity contribution in [1.82, 2.24) is 19.5 Å². The minimum Gasteiger partial charge on any atom is -0.491 e. The van der Waals surface area contributed by atoms with Crippen molar-refractivity contribution in [2.24, 2.45) is 17.8 Å². The van der Waals surface area contributed by atoms with E-state index in [-0.39, 0.29) is 103 Å². The number of anilines is 1. The fourth-order valence-corrected chi connectivity index (χ4v) is 10.2. The zero-order valence-corrected chi connectivity index (χ0v) is 38.3. The van der Waals surface area contributed by atoms with Crippen LogP contribution in [-0.4, -0.2) is 109 Å². The Hall–Kier alpha value is -6.13. The lowest BCUT2D eigenvalue weighted by Crippen LogP contribution is -2.42. The Balaban J connectivity index is 1.39. The summed E-state index contributed by atoms with van der Waals surface area (Å²) >= 11 is 0. The van der Waals surface area contributed by atoms with Gasteiger partial charge in [-0.3, -0.25) is 9.82 Å². The average Bonchev–Trinajstić information content (AvgIpc) is 3.83. The Bertz CT molecular complexity index is 2710. The van der Waals surface area contributed by atoms with Crippen molar-refractivity contribution in [2.75, 3.05) is 57.5 Å². The number of hydrogen-bond acceptors (Lipinski definition) is 12. The molecule has 1 saturated heterocycles. The summed E-state index contributed by atoms with van der Waals surface area (Å²) in [6, 6.07) is 13.8. The number of benzene rings is 3. The number of morpholine rings is 1. The van der Waals surface area contributed by atoms with Crippen molar-refractivity contribution in [3.63, 3.8) is 0 Å². The van der Waals surface area contributed by atoms with Crippen LogP contribution in [0.1, 0.15) is 71.8 Å². The number of nitrogens with one attached hydrogen (secondary N) is 2. The third kappa shape index (κ3) is 10.2. The third-order valence-electron chi connectivity index (χ3n) is 11.9. The van der Waals surface area contributed by atoms with Gasteiger partial charge in [0.1, 0.15) is 41.3 Å². The Morgan fingerprint density at radius 3 is 2.23 bits per heavy atom. The molecule has 2 fully saturated rings. The Morgan fingerprint density at radius 1 is 0.923 bits per heavy atom. The predicted octanol–water partition coefficient (Wildman–Crippen LogP) is 7.00. The van der Waals surface area contributed by atoms with Gasteiger partial charge in [-0.05, 0) is 104 Å². The summed E-state index contributed by atoms with van der Waals surface area (Å²) in [5, 5.41) is 22.2. The molecule has 2 aliphatic rings. The van der Waals surface area contributed by atoms with E-state index in [4.69, 9.17) is 35.2 Å². The molecular weight excluding hydrogens is 857 g/mol. The summed E-state index contributed by atoms with van der Waals surface area (Å²) in [4.78, 5) is 37.9. The van der Waals surface area contributed by atoms with E-state index in [9.17, 15) is 28.2 Å². The minimum absolute atomic E-state index is 0.0293. The number of carbonyl (C=O) groups excluding carboxylic acids is 2. The second-order valence-electron chi connectivity index (χ2n) is 17.0. The molecular formula is C47H56N6O11S. The van der Waals surface area contributed by atoms with Crippen LogP contribution < -0.4 is 18.9 Å². The summed E-state index contributed by atoms with van der Waals surface area (Å²) in [6.45, 7) is 20.5. The van der Waals surface area contributed by atoms with Gasteiger partial charge in [0.15, 0.2) is 11.5 Å². The fourth-order valence-electron chi connectivity index (χ4n) is 8.84. The van der Waals surface area contributed by atoms with Crippen LogP contribution in [0.5, 0.6) is 17.4 Å². The smallest absolute Gasteiger partial charge is 0.415 e. The average molecular weight is 913 g/mol. The lowest BCUT2D eigenvalue weighted by molar-refractivity contribution is -0.0249. The van der Waals surface area contributed by atoms with Crippen molar-refractivity contribution >= 4 is 39.1 Å². The van der Waals surface area contributed by atoms with Gasteiger partial charge in [0, 0.05) is 25.1 Å². The number of carbonyl (C=O) groups is 2. The third-order valence-corrected chi connectivity index (χ3v) is 13.3. The number of aliphatic hydroxyl groups is 2. The van der Waals surface area contributed by atoms with Gasteiger partial charge < -0.3 is 38.8 Å². The second kappa shape index (κ2) is 19.9. The zero-order chi connectivity index (χ0) is 46.6. The first-order valence-corrected chi connectivity index (χ1v) is 23.2. The van der Waals surface area contributed by atoms with Gasteiger partial charge >= 0.3 is 12.1 Å². The van der Waals surface area contributed by atoms with Crippen molar-refractivity contribution in [3.05, 3.63) is 93.3 Å². The van der Waals surface area contributed by atoms with E-state index in [1.807, 2.05) is 45.0 Å². The van der Waals surface area contributed by atoms with Crippen LogP contribution in [0.15, 0.2) is 53.4 Å². The number of aromatic nitrogens is 3. The maximum Gasteiger partial charge on any atom is 0.415 e. The van der Waals surface area contributed by atoms with E-state index in [0.29, 0.717) is 47.1 Å². The van der Waals surface area contributed by atoms with E-state index >= 15 is 0 Å². The molecule has 1 amide bonds. The van der Waals surface area contributed by atoms with Crippen LogP contribution in [0, 0.1) is 45.1 Å². The molecule has 18 heteroatoms. The Kier molecular flexibility index (Phi) is 14.4. The van der Waals surface area contributed by atoms with E-state index in [1.165, 1.54) is 21.5 Å². The second-order valence-corrected chi connectivity index (χ2v) is 18.7. The SMILES string of the molecule is [C-]#[N+]c1c(C(=O)OC2C(C)CC(C)CC2C)c2nc(-c3cc(Cc4cc(C)ccc4OCCO)c(C)c(NS(=O)(=O)c4cc(C)ccc4OCCO)c3)[nH]n2c1OC(=O)N1CCOCC1. The fraction of sp³-hybridized carbons (Fsp3) is 0.447. The predicted molar refractivity (Wildman–Crippen MR) is 241 cm³/mol. The summed E-state index contributed by atoms with van der Waals surface area (Å²) in [7, 11) is -4.34. The molecule has 1 aliphatic heterocycles. The molecule has 7 rings (SSSR count). The van der Waals surface area contributed by atoms with Crippen LogP contribution in [-0.2, 0) is 25.9 Å². The topological polar surface area (TPSA) is 208 Å². The van der Waals surface area contributed by atoms with Gasteiger partial charge in [-0.1, -0.05) is 44.5 Å². The number of nitrogens with zero attached hydrogens (tertiary/aromatic N) is 4. The number of esters is 1. The molecule has 5 aromatic rings.